The number of hydrogen-bond acceptors (Lipinski definition) is 2. The van der Waals surface area contributed by atoms with E-state index in [1.165, 1.54) is 0 Å². The lowest BCUT2D eigenvalue weighted by molar-refractivity contribution is -0.128. The number of hydrogen-bond donors (Lipinski definition) is 2. The summed E-state index contributed by atoms with van der Waals surface area (Å²) in [6.45, 7) is 6.14. The van der Waals surface area contributed by atoms with Gasteiger partial charge in [-0.25, -0.2) is 4.79 Å². The van der Waals surface area contributed by atoms with Gasteiger partial charge in [0.15, 0.2) is 0 Å². The van der Waals surface area contributed by atoms with Gasteiger partial charge >= 0.3 is 6.03 Å². The molecule has 78 valence electrons. The molecule has 1 aliphatic heterocycles. The molecule has 2 N–H and O–H groups in total. The number of carbonyl (C=O) groups excluding carboxylic acids is 2. The Balaban J connectivity index is 2.94. The Kier molecular flexibility index (Phi) is 2.93. The van der Waals surface area contributed by atoms with Gasteiger partial charge in [0.1, 0.15) is 0 Å². The molecule has 0 aliphatic carbocycles. The van der Waals surface area contributed by atoms with E-state index in [4.69, 9.17) is 0 Å². The van der Waals surface area contributed by atoms with Gasteiger partial charge in [-0.05, 0) is 20.3 Å². The third-order valence-electron chi connectivity index (χ3n) is 2.77. The van der Waals surface area contributed by atoms with E-state index in [1.807, 2.05) is 26.8 Å². The van der Waals surface area contributed by atoms with Crippen LogP contribution in [0.25, 0.3) is 0 Å². The summed E-state index contributed by atoms with van der Waals surface area (Å²) < 4.78 is 0. The van der Waals surface area contributed by atoms with Crippen molar-refractivity contribution in [3.63, 3.8) is 0 Å². The standard InChI is InChI=1S/C10H16N2O2/c1-4-7(5-2)10(3)6-11-9(14)12-8(10)13/h4H,5-6H2,1-3H3,(H2,11,12,13,14). The molecule has 1 fully saturated rings. The third kappa shape index (κ3) is 1.64. The molecule has 4 nitrogen and oxygen atoms in total. The number of amides is 3. The van der Waals surface area contributed by atoms with Gasteiger partial charge < -0.3 is 5.32 Å². The molecule has 0 bridgehead atoms. The van der Waals surface area contributed by atoms with Gasteiger partial charge in [-0.15, -0.1) is 0 Å². The topological polar surface area (TPSA) is 58.2 Å². The van der Waals surface area contributed by atoms with Crippen LogP contribution < -0.4 is 10.6 Å². The summed E-state index contributed by atoms with van der Waals surface area (Å²) in [7, 11) is 0. The normalized spacial score (nSPS) is 28.4. The lowest BCUT2D eigenvalue weighted by atomic mass is 9.78. The minimum atomic E-state index is -0.586. The van der Waals surface area contributed by atoms with Crippen molar-refractivity contribution in [3.8, 4) is 0 Å². The van der Waals surface area contributed by atoms with Crippen LogP contribution in [-0.4, -0.2) is 18.5 Å². The van der Waals surface area contributed by atoms with Crippen molar-refractivity contribution < 1.29 is 9.59 Å². The van der Waals surface area contributed by atoms with Crippen molar-refractivity contribution in [3.05, 3.63) is 11.6 Å². The van der Waals surface area contributed by atoms with Crippen LogP contribution in [0.2, 0.25) is 0 Å². The van der Waals surface area contributed by atoms with Crippen LogP contribution in [0.3, 0.4) is 0 Å². The fourth-order valence-electron chi connectivity index (χ4n) is 1.79. The van der Waals surface area contributed by atoms with E-state index in [0.29, 0.717) is 6.54 Å². The first-order chi connectivity index (χ1) is 6.54. The maximum absolute atomic E-state index is 11.7. The first kappa shape index (κ1) is 10.8. The molecule has 0 spiro atoms. The summed E-state index contributed by atoms with van der Waals surface area (Å²) in [5.74, 6) is -0.212. The second-order valence-electron chi connectivity index (χ2n) is 3.64. The molecular formula is C10H16N2O2. The van der Waals surface area contributed by atoms with E-state index in [0.717, 1.165) is 12.0 Å². The van der Waals surface area contributed by atoms with Gasteiger partial charge in [0, 0.05) is 6.54 Å². The quantitative estimate of drug-likeness (QED) is 0.652. The Morgan fingerprint density at radius 2 is 2.21 bits per heavy atom. The van der Waals surface area contributed by atoms with Crippen molar-refractivity contribution in [2.75, 3.05) is 6.54 Å². The molecule has 1 rings (SSSR count). The van der Waals surface area contributed by atoms with Crippen molar-refractivity contribution in [1.82, 2.24) is 10.6 Å². The average Bonchev–Trinajstić information content (AvgIpc) is 2.14. The predicted octanol–water partition coefficient (Wildman–Crippen LogP) is 1.19. The molecule has 0 radical (unpaired) electrons. The summed E-state index contributed by atoms with van der Waals surface area (Å²) in [6.07, 6.45) is 2.76. The highest BCUT2D eigenvalue weighted by atomic mass is 16.2. The molecule has 1 aliphatic rings. The highest BCUT2D eigenvalue weighted by Crippen LogP contribution is 2.30. The van der Waals surface area contributed by atoms with Crippen molar-refractivity contribution >= 4 is 11.9 Å². The Labute approximate surface area is 83.8 Å². The number of allylic oxidation sites excluding steroid dienone is 1. The molecule has 0 aromatic rings. The van der Waals surface area contributed by atoms with Gasteiger partial charge in [0.25, 0.3) is 0 Å². The van der Waals surface area contributed by atoms with Crippen LogP contribution in [0.1, 0.15) is 27.2 Å². The van der Waals surface area contributed by atoms with Crippen molar-refractivity contribution in [1.29, 1.82) is 0 Å². The molecule has 1 heterocycles. The highest BCUT2D eigenvalue weighted by molar-refractivity contribution is 6.01. The zero-order chi connectivity index (χ0) is 10.8. The van der Waals surface area contributed by atoms with Crippen molar-refractivity contribution in [2.24, 2.45) is 5.41 Å². The van der Waals surface area contributed by atoms with Crippen LogP contribution in [0, 0.1) is 5.41 Å². The van der Waals surface area contributed by atoms with E-state index in [1.54, 1.807) is 0 Å². The molecule has 1 unspecified atom stereocenters. The first-order valence-electron chi connectivity index (χ1n) is 4.79. The summed E-state index contributed by atoms with van der Waals surface area (Å²) >= 11 is 0. The maximum Gasteiger partial charge on any atom is 0.321 e. The second kappa shape index (κ2) is 3.82. The maximum atomic E-state index is 11.7. The van der Waals surface area contributed by atoms with E-state index in [9.17, 15) is 9.59 Å². The van der Waals surface area contributed by atoms with Gasteiger partial charge in [0.05, 0.1) is 5.41 Å². The van der Waals surface area contributed by atoms with Crippen LogP contribution in [0.4, 0.5) is 4.79 Å². The minimum absolute atomic E-state index is 0.212. The van der Waals surface area contributed by atoms with Gasteiger partial charge in [-0.1, -0.05) is 18.6 Å². The summed E-state index contributed by atoms with van der Waals surface area (Å²) in [4.78, 5) is 22.6. The van der Waals surface area contributed by atoms with Gasteiger partial charge in [-0.2, -0.15) is 0 Å². The molecular weight excluding hydrogens is 180 g/mol. The minimum Gasteiger partial charge on any atom is -0.336 e. The fraction of sp³-hybridized carbons (Fsp3) is 0.600. The molecule has 1 saturated heterocycles. The number of carbonyl (C=O) groups is 2. The zero-order valence-corrected chi connectivity index (χ0v) is 8.81. The number of urea groups is 1. The van der Waals surface area contributed by atoms with E-state index >= 15 is 0 Å². The summed E-state index contributed by atoms with van der Waals surface area (Å²) in [6, 6.07) is -0.404. The van der Waals surface area contributed by atoms with E-state index in [2.05, 4.69) is 10.6 Å². The predicted molar refractivity (Wildman–Crippen MR) is 53.7 cm³/mol. The number of rotatable bonds is 2. The molecule has 0 aromatic carbocycles. The molecule has 0 aromatic heterocycles. The van der Waals surface area contributed by atoms with Gasteiger partial charge in [-0.3, -0.25) is 10.1 Å². The molecule has 0 saturated carbocycles. The lowest BCUT2D eigenvalue weighted by Gasteiger charge is -2.34. The largest absolute Gasteiger partial charge is 0.336 e. The third-order valence-corrected chi connectivity index (χ3v) is 2.77. The Hall–Kier alpha value is -1.32. The fourth-order valence-corrected chi connectivity index (χ4v) is 1.79. The van der Waals surface area contributed by atoms with Crippen LogP contribution in [0.15, 0.2) is 11.6 Å². The smallest absolute Gasteiger partial charge is 0.321 e. The SMILES string of the molecule is CC=C(CC)C1(C)CNC(=O)NC1=O. The van der Waals surface area contributed by atoms with E-state index in [-0.39, 0.29) is 5.91 Å². The van der Waals surface area contributed by atoms with Crippen LogP contribution in [0.5, 0.6) is 0 Å². The monoisotopic (exact) mass is 196 g/mol. The Bertz CT molecular complexity index is 296. The lowest BCUT2D eigenvalue weighted by Crippen LogP contribution is -2.58. The van der Waals surface area contributed by atoms with Crippen molar-refractivity contribution in [2.45, 2.75) is 27.2 Å². The first-order valence-corrected chi connectivity index (χ1v) is 4.79. The van der Waals surface area contributed by atoms with Crippen LogP contribution in [-0.2, 0) is 4.79 Å². The van der Waals surface area contributed by atoms with E-state index < -0.39 is 11.4 Å². The summed E-state index contributed by atoms with van der Waals surface area (Å²) in [5, 5.41) is 4.93. The second-order valence-corrected chi connectivity index (χ2v) is 3.64. The zero-order valence-electron chi connectivity index (χ0n) is 8.81. The molecule has 3 amide bonds. The molecule has 4 heteroatoms. The Morgan fingerprint density at radius 3 is 2.64 bits per heavy atom. The molecule has 1 atom stereocenters. The van der Waals surface area contributed by atoms with Crippen LogP contribution >= 0.6 is 0 Å². The number of imide groups is 1. The summed E-state index contributed by atoms with van der Waals surface area (Å²) in [5.41, 5.74) is 0.465. The Morgan fingerprint density at radius 1 is 1.57 bits per heavy atom. The van der Waals surface area contributed by atoms with Gasteiger partial charge in [0.2, 0.25) is 5.91 Å². The molecule has 14 heavy (non-hydrogen) atoms. The highest BCUT2D eigenvalue weighted by Gasteiger charge is 2.40. The number of nitrogens with one attached hydrogen (secondary N) is 2. The average molecular weight is 196 g/mol.